The number of aryl methyl sites for hydroxylation is 1. The smallest absolute Gasteiger partial charge is 0.272 e. The van der Waals surface area contributed by atoms with E-state index in [1.165, 1.54) is 70.5 Å². The van der Waals surface area contributed by atoms with Crippen molar-refractivity contribution in [2.75, 3.05) is 7.05 Å². The average Bonchev–Trinajstić information content (AvgIpc) is 3.20. The second-order valence-corrected chi connectivity index (χ2v) is 10.0. The van der Waals surface area contributed by atoms with Crippen LogP contribution >= 0.6 is 0 Å². The highest BCUT2D eigenvalue weighted by atomic mass is 19.1. The van der Waals surface area contributed by atoms with Crippen molar-refractivity contribution in [1.29, 1.82) is 0 Å². The lowest BCUT2D eigenvalue weighted by Crippen LogP contribution is -2.44. The van der Waals surface area contributed by atoms with Gasteiger partial charge in [-0.3, -0.25) is 14.5 Å². The van der Waals surface area contributed by atoms with Crippen LogP contribution in [0.3, 0.4) is 0 Å². The third kappa shape index (κ3) is 5.43. The van der Waals surface area contributed by atoms with E-state index in [9.17, 15) is 22.8 Å². The summed E-state index contributed by atoms with van der Waals surface area (Å²) in [4.78, 5) is 34.7. The second kappa shape index (κ2) is 10.9. The van der Waals surface area contributed by atoms with Crippen molar-refractivity contribution in [2.24, 2.45) is 0 Å². The molecule has 0 unspecified atom stereocenters. The zero-order chi connectivity index (χ0) is 29.3. The van der Waals surface area contributed by atoms with E-state index >= 15 is 0 Å². The predicted octanol–water partition coefficient (Wildman–Crippen LogP) is 5.43. The number of halogens is 3. The molecule has 0 bridgehead atoms. The van der Waals surface area contributed by atoms with E-state index in [1.54, 1.807) is 38.2 Å². The Hall–Kier alpha value is -4.92. The molecule has 4 aromatic rings. The van der Waals surface area contributed by atoms with E-state index < -0.39 is 23.1 Å². The third-order valence-corrected chi connectivity index (χ3v) is 7.03. The van der Waals surface area contributed by atoms with Crippen molar-refractivity contribution in [3.05, 3.63) is 148 Å². The number of carbonyl (C=O) groups is 2. The van der Waals surface area contributed by atoms with Gasteiger partial charge in [0.05, 0.1) is 6.54 Å². The van der Waals surface area contributed by atoms with Crippen LogP contribution in [0.25, 0.3) is 0 Å². The first-order valence-electron chi connectivity index (χ1n) is 12.9. The molecule has 1 fully saturated rings. The molecule has 1 aliphatic heterocycles. The van der Waals surface area contributed by atoms with Gasteiger partial charge in [0.2, 0.25) is 0 Å². The van der Waals surface area contributed by atoms with E-state index in [4.69, 9.17) is 0 Å². The van der Waals surface area contributed by atoms with Crippen molar-refractivity contribution in [2.45, 2.75) is 25.6 Å². The van der Waals surface area contributed by atoms with E-state index in [0.717, 1.165) is 5.56 Å². The molecule has 9 heteroatoms. The highest BCUT2D eigenvalue weighted by molar-refractivity contribution is 5.96. The number of nitrogens with one attached hydrogen (secondary N) is 1. The third-order valence-electron chi connectivity index (χ3n) is 7.03. The topological polar surface area (TPSA) is 65.5 Å². The summed E-state index contributed by atoms with van der Waals surface area (Å²) in [7, 11) is 1.63. The highest BCUT2D eigenvalue weighted by Crippen LogP contribution is 2.39. The minimum absolute atomic E-state index is 0.0696. The number of benzene rings is 3. The molecule has 1 aliphatic rings. The van der Waals surface area contributed by atoms with Gasteiger partial charge >= 0.3 is 0 Å². The summed E-state index contributed by atoms with van der Waals surface area (Å²) in [6.45, 7) is 6.13. The fourth-order valence-corrected chi connectivity index (χ4v) is 5.04. The van der Waals surface area contributed by atoms with Gasteiger partial charge in [0.1, 0.15) is 29.0 Å². The second-order valence-electron chi connectivity index (χ2n) is 10.0. The average molecular weight is 557 g/mol. The molecule has 1 saturated heterocycles. The first-order valence-corrected chi connectivity index (χ1v) is 12.9. The summed E-state index contributed by atoms with van der Waals surface area (Å²) >= 11 is 0. The molecule has 3 aromatic carbocycles. The molecule has 208 valence electrons. The van der Waals surface area contributed by atoms with Gasteiger partial charge in [0.15, 0.2) is 5.54 Å². The molecule has 0 radical (unpaired) electrons. The lowest BCUT2D eigenvalue weighted by molar-refractivity contribution is -0.131. The zero-order valence-electron chi connectivity index (χ0n) is 22.5. The first kappa shape index (κ1) is 27.6. The number of hydrogen-bond acceptors (Lipinski definition) is 4. The molecule has 5 rings (SSSR count). The van der Waals surface area contributed by atoms with Crippen molar-refractivity contribution in [1.82, 2.24) is 20.1 Å². The predicted molar refractivity (Wildman–Crippen MR) is 148 cm³/mol. The zero-order valence-corrected chi connectivity index (χ0v) is 22.5. The van der Waals surface area contributed by atoms with Crippen molar-refractivity contribution in [3.8, 4) is 0 Å². The molecule has 1 N–H and O–H groups in total. The van der Waals surface area contributed by atoms with Crippen LogP contribution in [-0.4, -0.2) is 33.6 Å². The van der Waals surface area contributed by atoms with E-state index in [-0.39, 0.29) is 30.5 Å². The van der Waals surface area contributed by atoms with Gasteiger partial charge in [-0.1, -0.05) is 43.0 Å². The van der Waals surface area contributed by atoms with E-state index in [2.05, 4.69) is 16.9 Å². The Balaban J connectivity index is 1.44. The van der Waals surface area contributed by atoms with Crippen LogP contribution in [0.1, 0.15) is 38.4 Å². The Labute approximate surface area is 235 Å². The van der Waals surface area contributed by atoms with Crippen LogP contribution < -0.4 is 5.32 Å². The molecule has 41 heavy (non-hydrogen) atoms. The number of rotatable bonds is 7. The molecular weight excluding hydrogens is 529 g/mol. The molecular formula is C32H27F3N4O2. The van der Waals surface area contributed by atoms with Gasteiger partial charge in [0.25, 0.3) is 11.8 Å². The molecule has 0 saturated carbocycles. The fourth-order valence-electron chi connectivity index (χ4n) is 5.04. The molecule has 1 aromatic heterocycles. The van der Waals surface area contributed by atoms with E-state index in [0.29, 0.717) is 28.2 Å². The van der Waals surface area contributed by atoms with Crippen LogP contribution in [0.2, 0.25) is 0 Å². The molecule has 2 amide bonds. The lowest BCUT2D eigenvalue weighted by Gasteiger charge is -2.28. The minimum atomic E-state index is -1.46. The Bertz CT molecular complexity index is 1580. The monoisotopic (exact) mass is 556 g/mol. The van der Waals surface area contributed by atoms with Crippen molar-refractivity contribution >= 4 is 11.8 Å². The highest BCUT2D eigenvalue weighted by Gasteiger charge is 2.51. The Morgan fingerprint density at radius 1 is 0.878 bits per heavy atom. The van der Waals surface area contributed by atoms with Gasteiger partial charge in [-0.15, -0.1) is 0 Å². The fraction of sp³-hybridized carbons (Fsp3) is 0.156. The molecule has 6 nitrogen and oxygen atoms in total. The number of hydrogen-bond donors (Lipinski definition) is 1. The van der Waals surface area contributed by atoms with Crippen molar-refractivity contribution in [3.63, 3.8) is 0 Å². The van der Waals surface area contributed by atoms with Gasteiger partial charge in [-0.05, 0) is 77.7 Å². The number of carbonyl (C=O) groups excluding carboxylic acids is 2. The molecule has 0 aliphatic carbocycles. The maximum Gasteiger partial charge on any atom is 0.272 e. The van der Waals surface area contributed by atoms with Crippen LogP contribution in [0.15, 0.2) is 97.3 Å². The quantitative estimate of drug-likeness (QED) is 0.330. The number of pyridine rings is 1. The summed E-state index contributed by atoms with van der Waals surface area (Å²) in [6.07, 6.45) is 0. The normalized spacial score (nSPS) is 14.2. The largest absolute Gasteiger partial charge is 0.350 e. The SMILES string of the molecule is C=C1NC(c2ccc(F)cc2)(c2ccc(F)cc2)C(=O)N1Cc1cc(C)nc(C(=O)N(C)Cc2ccc(F)cc2)c1. The summed E-state index contributed by atoms with van der Waals surface area (Å²) in [5.41, 5.74) is 1.63. The van der Waals surface area contributed by atoms with E-state index in [1.807, 2.05) is 0 Å². The van der Waals surface area contributed by atoms with Gasteiger partial charge < -0.3 is 10.2 Å². The molecule has 0 spiro atoms. The summed E-state index contributed by atoms with van der Waals surface area (Å²) in [5, 5.41) is 3.18. The van der Waals surface area contributed by atoms with Crippen LogP contribution in [-0.2, 0) is 23.4 Å². The maximum absolute atomic E-state index is 14.1. The standard InChI is InChI=1S/C32H27F3N4O2/c1-20-16-23(17-29(36-20)30(40)38(3)18-22-4-10-26(33)11-5-22)19-39-21(2)37-32(31(39)41,24-6-12-27(34)13-7-24)25-8-14-28(35)15-9-25/h4-17,37H,2,18-19H2,1,3H3. The number of aromatic nitrogens is 1. The molecule has 2 heterocycles. The Morgan fingerprint density at radius 2 is 1.39 bits per heavy atom. The summed E-state index contributed by atoms with van der Waals surface area (Å²) < 4.78 is 40.9. The van der Waals surface area contributed by atoms with Crippen LogP contribution in [0.5, 0.6) is 0 Å². The van der Waals surface area contributed by atoms with Gasteiger partial charge in [-0.2, -0.15) is 0 Å². The summed E-state index contributed by atoms with van der Waals surface area (Å²) in [6, 6.07) is 20.3. The Kier molecular flexibility index (Phi) is 7.36. The lowest BCUT2D eigenvalue weighted by atomic mass is 9.82. The number of nitrogens with zero attached hydrogens (tertiary/aromatic N) is 3. The van der Waals surface area contributed by atoms with Crippen molar-refractivity contribution < 1.29 is 22.8 Å². The number of amides is 2. The first-order chi connectivity index (χ1) is 19.6. The van der Waals surface area contributed by atoms with Crippen LogP contribution in [0.4, 0.5) is 13.2 Å². The molecule has 0 atom stereocenters. The Morgan fingerprint density at radius 3 is 1.93 bits per heavy atom. The summed E-state index contributed by atoms with van der Waals surface area (Å²) in [5.74, 6) is -1.72. The van der Waals surface area contributed by atoms with Crippen LogP contribution in [0, 0.1) is 24.4 Å². The minimum Gasteiger partial charge on any atom is -0.350 e. The van der Waals surface area contributed by atoms with Gasteiger partial charge in [0, 0.05) is 19.3 Å². The van der Waals surface area contributed by atoms with Gasteiger partial charge in [-0.25, -0.2) is 18.2 Å². The maximum atomic E-state index is 14.1.